The molecule has 720 valence electrons. The van der Waals surface area contributed by atoms with Crippen LogP contribution in [0.1, 0.15) is 178 Å². The van der Waals surface area contributed by atoms with E-state index >= 15 is 0 Å². The van der Waals surface area contributed by atoms with Gasteiger partial charge in [0, 0.05) is 32.2 Å². The van der Waals surface area contributed by atoms with Gasteiger partial charge < -0.3 is 156 Å². The monoisotopic (exact) mass is 1820 g/mol. The van der Waals surface area contributed by atoms with E-state index in [9.17, 15) is 132 Å². The van der Waals surface area contributed by atoms with E-state index in [1.807, 2.05) is 0 Å². The van der Waals surface area contributed by atoms with Crippen LogP contribution in [0.3, 0.4) is 0 Å². The van der Waals surface area contributed by atoms with Gasteiger partial charge in [0.15, 0.2) is 5.96 Å². The molecule has 19 atom stereocenters. The Morgan fingerprint density at radius 2 is 0.633 bits per heavy atom. The third kappa shape index (κ3) is 43.6. The number of carboxylic acids is 2. The minimum Gasteiger partial charge on any atom is -0.508 e. The van der Waals surface area contributed by atoms with Gasteiger partial charge in [-0.15, -0.1) is 0 Å². The average molecular weight is 1820 g/mol. The SMILES string of the molecule is CC(C)C[C@H](NC(=O)[C@@H](NC(=O)[C@H](CCCNC(=N)N)NC(=O)[C@@H](NC(=O)[C@H](CCC(=O)O)NC(=O)[C@H](CCC(N)=O)NC(=O)[C@@H](NC(=O)[C@H](CCC(N)=O)NC(=O)[C@@H](NC(=O)[C@H](CC(N)=O)NC(=O)[C@H](CCCCN)NC(=O)[C@H](CC(C)C)NC(=O)[C@@H](N)Cc1ccc(O)cc1)C(C)C)[C@@H](C)O)[C@@H](C)O)[C@@H](C)O)C(=O)N[C@H](C(=O)N[C@@H](CCC(N)=O)C(=O)O)[C@@H](C)O. The number of aliphatic hydroxyl groups excluding tert-OH is 4. The first-order valence-corrected chi connectivity index (χ1v) is 41.5. The van der Waals surface area contributed by atoms with E-state index in [4.69, 9.17) is 45.5 Å². The number of hydrogen-bond donors (Lipinski definition) is 30. The maximum Gasteiger partial charge on any atom is 0.326 e. The van der Waals surface area contributed by atoms with Crippen molar-refractivity contribution in [1.29, 1.82) is 5.41 Å². The van der Waals surface area contributed by atoms with Crippen LogP contribution in [0, 0.1) is 23.2 Å². The molecule has 0 radical (unpaired) electrons. The summed E-state index contributed by atoms with van der Waals surface area (Å²) in [4.78, 5) is 270. The molecule has 50 nitrogen and oxygen atoms in total. The smallest absolute Gasteiger partial charge is 0.326 e. The Hall–Kier alpha value is -12.5. The summed E-state index contributed by atoms with van der Waals surface area (Å²) in [6.07, 6.45) is -14.2. The molecule has 0 saturated carbocycles. The third-order valence-electron chi connectivity index (χ3n) is 19.3. The standard InChI is InChI=1S/C78H131N23O27/c1-34(2)30-50(94-63(113)43(80)32-41-16-18-42(106)19-17-41)69(119)88-44(14-11-12-28-79)64(114)95-52(33-56(84)110)71(121)97-58(36(5)6)72(122)91-47(21-25-54(82)108)67(117)99-60(38(8)103)74(124)92-46(20-24-53(81)107)65(115)89-48(23-27-57(111)112)68(118)100-59(37(7)102)73(123)90-45(15-13-29-87-78(85)86)66(116)98-62(40(10)105)76(126)96-51(31-35(3)4)70(120)101-61(39(9)104)75(125)93-49(77(127)128)22-26-55(83)109/h16-19,34-40,43-52,58-62,102-106H,11-15,20-33,79-80H2,1-10H3,(H2,81,107)(H2,82,108)(H2,83,109)(H2,84,110)(H,88,119)(H,89,115)(H,90,123)(H,91,122)(H,92,124)(H,93,125)(H,94,113)(H,95,114)(H,96,126)(H,97,121)(H,98,116)(H,99,117)(H,100,118)(H,101,120)(H,111,112)(H,127,128)(H4,85,86,87)/t37-,38-,39-,40-,43+,44+,45+,46+,47+,48+,49+,50+,51+,52+,58+,59+,60+,61+,62+/m1/s1. The highest BCUT2D eigenvalue weighted by Gasteiger charge is 2.42. The van der Waals surface area contributed by atoms with Crippen molar-refractivity contribution in [3.63, 3.8) is 0 Å². The van der Waals surface area contributed by atoms with Crippen LogP contribution >= 0.6 is 0 Å². The molecular weight excluding hydrogens is 1690 g/mol. The van der Waals surface area contributed by atoms with Gasteiger partial charge in [-0.2, -0.15) is 0 Å². The van der Waals surface area contributed by atoms with Crippen molar-refractivity contribution >= 4 is 124 Å². The quantitative estimate of drug-likeness (QED) is 0.0164. The molecule has 0 spiro atoms. The van der Waals surface area contributed by atoms with Crippen LogP contribution in [0.15, 0.2) is 24.3 Å². The predicted molar refractivity (Wildman–Crippen MR) is 453 cm³/mol. The topological polar surface area (TPSA) is 869 Å². The van der Waals surface area contributed by atoms with Crippen LogP contribution in [0.5, 0.6) is 5.75 Å². The van der Waals surface area contributed by atoms with Crippen molar-refractivity contribution in [3.05, 3.63) is 29.8 Å². The highest BCUT2D eigenvalue weighted by atomic mass is 16.4. The molecule has 128 heavy (non-hydrogen) atoms. The molecule has 0 heterocycles. The zero-order valence-corrected chi connectivity index (χ0v) is 73.3. The van der Waals surface area contributed by atoms with E-state index in [1.54, 1.807) is 39.8 Å². The summed E-state index contributed by atoms with van der Waals surface area (Å²) in [7, 11) is 0. The Kier molecular flexibility index (Phi) is 50.7. The molecule has 50 heteroatoms. The molecule has 1 aromatic rings. The molecule has 37 N–H and O–H groups in total. The molecule has 0 aromatic heterocycles. The number of aromatic hydroxyl groups is 1. The van der Waals surface area contributed by atoms with Crippen molar-refractivity contribution in [1.82, 2.24) is 79.8 Å². The fourth-order valence-corrected chi connectivity index (χ4v) is 12.4. The van der Waals surface area contributed by atoms with E-state index in [1.165, 1.54) is 26.0 Å². The number of unbranched alkanes of at least 4 members (excludes halogenated alkanes) is 1. The van der Waals surface area contributed by atoms with Crippen molar-refractivity contribution in [3.8, 4) is 5.75 Å². The predicted octanol–water partition coefficient (Wildman–Crippen LogP) is -10.7. The fraction of sp³-hybridized carbons (Fsp3) is 0.654. The molecule has 1 rings (SSSR count). The number of hydrogen-bond acceptors (Lipinski definition) is 28. The number of primary amides is 4. The Bertz CT molecular complexity index is 3980. The normalized spacial score (nSPS) is 15.7. The zero-order chi connectivity index (χ0) is 97.9. The van der Waals surface area contributed by atoms with Crippen LogP contribution in [-0.4, -0.2) is 288 Å². The lowest BCUT2D eigenvalue weighted by molar-refractivity contribution is -0.143. The Morgan fingerprint density at radius 3 is 0.969 bits per heavy atom. The lowest BCUT2D eigenvalue weighted by atomic mass is 10.00. The Balaban J connectivity index is 3.73. The largest absolute Gasteiger partial charge is 0.508 e. The summed E-state index contributed by atoms with van der Waals surface area (Å²) in [5, 5.41) is 115. The van der Waals surface area contributed by atoms with Gasteiger partial charge in [0.05, 0.1) is 36.9 Å². The molecular formula is C78H131N23O27. The van der Waals surface area contributed by atoms with Crippen LogP contribution < -0.4 is 120 Å². The van der Waals surface area contributed by atoms with E-state index < -0.39 is 315 Å². The number of aliphatic carboxylic acids is 2. The van der Waals surface area contributed by atoms with Gasteiger partial charge in [0.1, 0.15) is 90.3 Å². The highest BCUT2D eigenvalue weighted by molar-refractivity contribution is 6.02. The number of nitrogens with one attached hydrogen (secondary N) is 16. The molecule has 0 aliphatic rings. The lowest BCUT2D eigenvalue weighted by Gasteiger charge is -2.30. The Morgan fingerprint density at radius 1 is 0.344 bits per heavy atom. The molecule has 0 saturated heterocycles. The Labute approximate surface area is 738 Å². The van der Waals surface area contributed by atoms with Gasteiger partial charge in [-0.1, -0.05) is 53.7 Å². The molecule has 0 aliphatic carbocycles. The first kappa shape index (κ1) is 113. The van der Waals surface area contributed by atoms with Gasteiger partial charge in [-0.05, 0) is 147 Å². The first-order valence-electron chi connectivity index (χ1n) is 41.5. The number of carbonyl (C=O) groups is 20. The van der Waals surface area contributed by atoms with E-state index in [-0.39, 0.29) is 63.3 Å². The summed E-state index contributed by atoms with van der Waals surface area (Å²) in [6, 6.07) is -21.0. The highest BCUT2D eigenvalue weighted by Crippen LogP contribution is 2.17. The summed E-state index contributed by atoms with van der Waals surface area (Å²) in [5.41, 5.74) is 39.5. The number of carbonyl (C=O) groups excluding carboxylic acids is 18. The van der Waals surface area contributed by atoms with Crippen molar-refractivity contribution in [2.45, 2.75) is 293 Å². The molecule has 0 unspecified atom stereocenters. The molecule has 0 bridgehead atoms. The van der Waals surface area contributed by atoms with Gasteiger partial charge >= 0.3 is 11.9 Å². The summed E-state index contributed by atoms with van der Waals surface area (Å²) in [6.45, 7) is 13.5. The van der Waals surface area contributed by atoms with Crippen LogP contribution in [0.4, 0.5) is 0 Å². The molecule has 0 fully saturated rings. The number of phenols is 1. The maximum atomic E-state index is 14.4. The zero-order valence-electron chi connectivity index (χ0n) is 73.3. The van der Waals surface area contributed by atoms with Crippen molar-refractivity contribution in [2.75, 3.05) is 13.1 Å². The second-order valence-electron chi connectivity index (χ2n) is 32.1. The molecule has 18 amide bonds. The van der Waals surface area contributed by atoms with Gasteiger partial charge in [-0.25, -0.2) is 4.79 Å². The van der Waals surface area contributed by atoms with E-state index in [0.29, 0.717) is 12.0 Å². The van der Waals surface area contributed by atoms with Gasteiger partial charge in [0.2, 0.25) is 106 Å². The number of aliphatic hydroxyl groups is 4. The second-order valence-corrected chi connectivity index (χ2v) is 32.1. The lowest BCUT2D eigenvalue weighted by Crippen LogP contribution is -2.63. The minimum absolute atomic E-state index is 0.0109. The molecule has 0 aliphatic heterocycles. The second kappa shape index (κ2) is 57.2. The summed E-state index contributed by atoms with van der Waals surface area (Å²) in [5.74, 6) is -26.5. The minimum atomic E-state index is -2.17. The number of amides is 18. The maximum absolute atomic E-state index is 14.4. The average Bonchev–Trinajstić information content (AvgIpc) is 0.844. The third-order valence-corrected chi connectivity index (χ3v) is 19.3. The van der Waals surface area contributed by atoms with E-state index in [0.717, 1.165) is 27.7 Å². The number of phenolic OH excluding ortho intramolecular Hbond substituents is 1. The number of carboxylic acid groups (broad SMARTS) is 2. The summed E-state index contributed by atoms with van der Waals surface area (Å²) >= 11 is 0. The number of guanidine groups is 1. The van der Waals surface area contributed by atoms with Gasteiger partial charge in [-0.3, -0.25) is 96.5 Å². The fourth-order valence-electron chi connectivity index (χ4n) is 12.4. The number of nitrogens with two attached hydrogens (primary N) is 7. The number of rotatable bonds is 62. The first-order chi connectivity index (χ1) is 59.6. The van der Waals surface area contributed by atoms with Crippen molar-refractivity contribution < 1.29 is 132 Å². The van der Waals surface area contributed by atoms with Crippen LogP contribution in [0.2, 0.25) is 0 Å². The van der Waals surface area contributed by atoms with Crippen molar-refractivity contribution in [2.24, 2.45) is 57.9 Å². The van der Waals surface area contributed by atoms with E-state index in [2.05, 4.69) is 79.8 Å². The van der Waals surface area contributed by atoms with Crippen LogP contribution in [-0.2, 0) is 102 Å². The molecule has 1 aromatic carbocycles. The van der Waals surface area contributed by atoms with Crippen LogP contribution in [0.25, 0.3) is 0 Å². The summed E-state index contributed by atoms with van der Waals surface area (Å²) < 4.78 is 0. The number of benzene rings is 1. The van der Waals surface area contributed by atoms with Gasteiger partial charge in [0.25, 0.3) is 0 Å².